The SMILES string of the molecule is CC(=O)c1cccc(NC(=O)CSc2nc3cc(Cl)ccc3c(=O)n2CCCOC(C)C)c1. The number of Topliss-reactive ketones (excluding diaryl/α,β-unsaturated/α-hetero) is 1. The van der Waals surface area contributed by atoms with Gasteiger partial charge in [-0.1, -0.05) is 35.5 Å². The second-order valence-electron chi connectivity index (χ2n) is 7.76. The standard InChI is InChI=1S/C24H26ClN3O4S/c1-15(2)32-11-5-10-28-23(31)20-9-8-18(25)13-21(20)27-24(28)33-14-22(30)26-19-7-4-6-17(12-19)16(3)29/h4,6-9,12-13,15H,5,10-11,14H2,1-3H3,(H,26,30). The number of hydrogen-bond acceptors (Lipinski definition) is 6. The molecule has 0 saturated heterocycles. The van der Waals surface area contributed by atoms with E-state index in [0.29, 0.717) is 51.9 Å². The van der Waals surface area contributed by atoms with E-state index in [-0.39, 0.29) is 29.1 Å². The number of carbonyl (C=O) groups is 2. The highest BCUT2D eigenvalue weighted by Crippen LogP contribution is 2.21. The average Bonchev–Trinajstić information content (AvgIpc) is 2.76. The number of thioether (sulfide) groups is 1. The zero-order valence-corrected chi connectivity index (χ0v) is 20.3. The van der Waals surface area contributed by atoms with Crippen molar-refractivity contribution in [3.8, 4) is 0 Å². The van der Waals surface area contributed by atoms with E-state index < -0.39 is 0 Å². The van der Waals surface area contributed by atoms with Gasteiger partial charge in [-0.25, -0.2) is 4.98 Å². The van der Waals surface area contributed by atoms with Gasteiger partial charge in [-0.05, 0) is 57.5 Å². The lowest BCUT2D eigenvalue weighted by Crippen LogP contribution is -2.25. The largest absolute Gasteiger partial charge is 0.379 e. The zero-order valence-electron chi connectivity index (χ0n) is 18.8. The molecule has 3 rings (SSSR count). The van der Waals surface area contributed by atoms with E-state index in [4.69, 9.17) is 16.3 Å². The normalized spacial score (nSPS) is 11.2. The molecule has 1 N–H and O–H groups in total. The van der Waals surface area contributed by atoms with E-state index in [9.17, 15) is 14.4 Å². The summed E-state index contributed by atoms with van der Waals surface area (Å²) in [4.78, 5) is 41.8. The summed E-state index contributed by atoms with van der Waals surface area (Å²) >= 11 is 7.26. The monoisotopic (exact) mass is 487 g/mol. The Morgan fingerprint density at radius 3 is 2.73 bits per heavy atom. The van der Waals surface area contributed by atoms with E-state index in [0.717, 1.165) is 0 Å². The number of benzene rings is 2. The lowest BCUT2D eigenvalue weighted by Gasteiger charge is -2.14. The molecule has 7 nitrogen and oxygen atoms in total. The van der Waals surface area contributed by atoms with Gasteiger partial charge < -0.3 is 10.1 Å². The molecule has 0 aliphatic heterocycles. The van der Waals surface area contributed by atoms with Gasteiger partial charge in [-0.2, -0.15) is 0 Å². The fourth-order valence-corrected chi connectivity index (χ4v) is 4.16. The van der Waals surface area contributed by atoms with Crippen molar-refractivity contribution in [1.29, 1.82) is 0 Å². The quantitative estimate of drug-likeness (QED) is 0.191. The Morgan fingerprint density at radius 1 is 1.21 bits per heavy atom. The first-order valence-corrected chi connectivity index (χ1v) is 12.0. The second kappa shape index (κ2) is 11.4. The summed E-state index contributed by atoms with van der Waals surface area (Å²) in [5.41, 5.74) is 1.36. The predicted octanol–water partition coefficient (Wildman–Crippen LogP) is 4.80. The van der Waals surface area contributed by atoms with Crippen LogP contribution < -0.4 is 10.9 Å². The maximum absolute atomic E-state index is 13.1. The van der Waals surface area contributed by atoms with Gasteiger partial charge in [0.05, 0.1) is 22.8 Å². The predicted molar refractivity (Wildman–Crippen MR) is 133 cm³/mol. The summed E-state index contributed by atoms with van der Waals surface area (Å²) in [5.74, 6) is -0.300. The molecular weight excluding hydrogens is 462 g/mol. The molecule has 1 aromatic heterocycles. The molecule has 0 bridgehead atoms. The minimum atomic E-state index is -0.268. The van der Waals surface area contributed by atoms with E-state index in [1.807, 2.05) is 13.8 Å². The number of amides is 1. The number of carbonyl (C=O) groups excluding carboxylic acids is 2. The van der Waals surface area contributed by atoms with Crippen LogP contribution in [0.3, 0.4) is 0 Å². The number of anilines is 1. The Balaban J connectivity index is 1.79. The molecule has 3 aromatic rings. The number of nitrogens with one attached hydrogen (secondary N) is 1. The summed E-state index contributed by atoms with van der Waals surface area (Å²) in [7, 11) is 0. The molecule has 33 heavy (non-hydrogen) atoms. The Bertz CT molecular complexity index is 1230. The molecular formula is C24H26ClN3O4S. The Kier molecular flexibility index (Phi) is 8.66. The zero-order chi connectivity index (χ0) is 24.0. The van der Waals surface area contributed by atoms with Crippen LogP contribution in [0.25, 0.3) is 10.9 Å². The van der Waals surface area contributed by atoms with Gasteiger partial charge in [-0.15, -0.1) is 0 Å². The van der Waals surface area contributed by atoms with Crippen molar-refractivity contribution in [3.05, 3.63) is 63.4 Å². The summed E-state index contributed by atoms with van der Waals surface area (Å²) in [6.07, 6.45) is 0.744. The Labute approximate surface area is 201 Å². The molecule has 0 unspecified atom stereocenters. The number of halogens is 1. The number of aromatic nitrogens is 2. The third-order valence-electron chi connectivity index (χ3n) is 4.74. The highest BCUT2D eigenvalue weighted by molar-refractivity contribution is 7.99. The van der Waals surface area contributed by atoms with Gasteiger partial charge in [-0.3, -0.25) is 19.0 Å². The Hall–Kier alpha value is -2.68. The second-order valence-corrected chi connectivity index (χ2v) is 9.14. The minimum absolute atomic E-state index is 0.0469. The fraction of sp³-hybridized carbons (Fsp3) is 0.333. The smallest absolute Gasteiger partial charge is 0.262 e. The van der Waals surface area contributed by atoms with Crippen molar-refractivity contribution < 1.29 is 14.3 Å². The van der Waals surface area contributed by atoms with Crippen LogP contribution in [0, 0.1) is 0 Å². The van der Waals surface area contributed by atoms with Gasteiger partial charge in [0.1, 0.15) is 0 Å². The lowest BCUT2D eigenvalue weighted by atomic mass is 10.1. The van der Waals surface area contributed by atoms with E-state index in [1.165, 1.54) is 18.7 Å². The van der Waals surface area contributed by atoms with Crippen LogP contribution >= 0.6 is 23.4 Å². The number of ether oxygens (including phenoxy) is 1. The minimum Gasteiger partial charge on any atom is -0.379 e. The van der Waals surface area contributed by atoms with Crippen LogP contribution in [0.2, 0.25) is 5.02 Å². The first kappa shape index (κ1) is 25.0. The van der Waals surface area contributed by atoms with Crippen molar-refractivity contribution in [2.75, 3.05) is 17.7 Å². The van der Waals surface area contributed by atoms with Gasteiger partial charge in [0, 0.05) is 29.4 Å². The molecule has 0 atom stereocenters. The molecule has 0 radical (unpaired) electrons. The highest BCUT2D eigenvalue weighted by atomic mass is 35.5. The molecule has 1 heterocycles. The van der Waals surface area contributed by atoms with E-state index in [2.05, 4.69) is 10.3 Å². The van der Waals surface area contributed by atoms with Gasteiger partial charge in [0.2, 0.25) is 5.91 Å². The molecule has 0 spiro atoms. The summed E-state index contributed by atoms with van der Waals surface area (Å²) in [6, 6.07) is 11.7. The molecule has 9 heteroatoms. The van der Waals surface area contributed by atoms with Crippen LogP contribution in [0.4, 0.5) is 5.69 Å². The Morgan fingerprint density at radius 2 is 2.00 bits per heavy atom. The van der Waals surface area contributed by atoms with Crippen LogP contribution in [-0.4, -0.2) is 39.7 Å². The van der Waals surface area contributed by atoms with Gasteiger partial charge in [0.25, 0.3) is 5.56 Å². The van der Waals surface area contributed by atoms with Gasteiger partial charge in [0.15, 0.2) is 10.9 Å². The molecule has 0 aliphatic rings. The number of nitrogens with zero attached hydrogens (tertiary/aromatic N) is 2. The van der Waals surface area contributed by atoms with Crippen LogP contribution in [0.15, 0.2) is 52.4 Å². The maximum atomic E-state index is 13.1. The van der Waals surface area contributed by atoms with Crippen LogP contribution in [-0.2, 0) is 16.1 Å². The first-order chi connectivity index (χ1) is 15.7. The number of ketones is 1. The number of fused-ring (bicyclic) bond motifs is 1. The highest BCUT2D eigenvalue weighted by Gasteiger charge is 2.14. The molecule has 0 fully saturated rings. The topological polar surface area (TPSA) is 90.3 Å². The third-order valence-corrected chi connectivity index (χ3v) is 5.96. The van der Waals surface area contributed by atoms with E-state index in [1.54, 1.807) is 47.0 Å². The molecule has 0 saturated carbocycles. The number of hydrogen-bond donors (Lipinski definition) is 1. The fourth-order valence-electron chi connectivity index (χ4n) is 3.17. The molecule has 2 aromatic carbocycles. The molecule has 0 aliphatic carbocycles. The van der Waals surface area contributed by atoms with Gasteiger partial charge >= 0.3 is 0 Å². The molecule has 174 valence electrons. The van der Waals surface area contributed by atoms with Crippen molar-refractivity contribution in [2.45, 2.75) is 45.0 Å². The number of rotatable bonds is 10. The van der Waals surface area contributed by atoms with Crippen molar-refractivity contribution in [3.63, 3.8) is 0 Å². The van der Waals surface area contributed by atoms with Crippen molar-refractivity contribution in [1.82, 2.24) is 9.55 Å². The van der Waals surface area contributed by atoms with E-state index >= 15 is 0 Å². The first-order valence-electron chi connectivity index (χ1n) is 10.6. The average molecular weight is 488 g/mol. The third kappa shape index (κ3) is 6.90. The van der Waals surface area contributed by atoms with Crippen molar-refractivity contribution in [2.24, 2.45) is 0 Å². The molecule has 1 amide bonds. The lowest BCUT2D eigenvalue weighted by molar-refractivity contribution is -0.113. The van der Waals surface area contributed by atoms with Crippen molar-refractivity contribution >= 4 is 51.6 Å². The van der Waals surface area contributed by atoms with Crippen LogP contribution in [0.5, 0.6) is 0 Å². The summed E-state index contributed by atoms with van der Waals surface area (Å²) in [5, 5.41) is 4.18. The summed E-state index contributed by atoms with van der Waals surface area (Å²) < 4.78 is 7.17. The maximum Gasteiger partial charge on any atom is 0.262 e. The summed E-state index contributed by atoms with van der Waals surface area (Å²) in [6.45, 7) is 6.32. The van der Waals surface area contributed by atoms with Crippen LogP contribution in [0.1, 0.15) is 37.6 Å².